The second kappa shape index (κ2) is 6.27. The van der Waals surface area contributed by atoms with Crippen LogP contribution >= 0.6 is 0 Å². The van der Waals surface area contributed by atoms with Crippen molar-refractivity contribution in [3.8, 4) is 0 Å². The smallest absolute Gasteiger partial charge is 0.186 e. The van der Waals surface area contributed by atoms with Crippen LogP contribution in [0.1, 0.15) is 32.1 Å². The lowest BCUT2D eigenvalue weighted by atomic mass is 9.96. The Bertz CT molecular complexity index is 253. The van der Waals surface area contributed by atoms with Crippen molar-refractivity contribution in [3.05, 3.63) is 0 Å². The van der Waals surface area contributed by atoms with Gasteiger partial charge in [0.05, 0.1) is 12.7 Å². The van der Waals surface area contributed by atoms with E-state index in [0.29, 0.717) is 0 Å². The van der Waals surface area contributed by atoms with Crippen molar-refractivity contribution in [2.75, 3.05) is 6.61 Å². The van der Waals surface area contributed by atoms with E-state index in [1.165, 1.54) is 6.42 Å². The summed E-state index contributed by atoms with van der Waals surface area (Å²) in [4.78, 5) is 0. The van der Waals surface area contributed by atoms with Crippen molar-refractivity contribution in [2.24, 2.45) is 0 Å². The maximum Gasteiger partial charge on any atom is 0.186 e. The minimum Gasteiger partial charge on any atom is -0.394 e. The van der Waals surface area contributed by atoms with E-state index in [-0.39, 0.29) is 6.10 Å². The van der Waals surface area contributed by atoms with Crippen LogP contribution < -0.4 is 0 Å². The average molecular weight is 262 g/mol. The molecule has 5 unspecified atom stereocenters. The molecule has 1 aliphatic carbocycles. The van der Waals surface area contributed by atoms with Gasteiger partial charge >= 0.3 is 0 Å². The lowest BCUT2D eigenvalue weighted by Crippen LogP contribution is -2.59. The van der Waals surface area contributed by atoms with E-state index in [9.17, 15) is 15.3 Å². The summed E-state index contributed by atoms with van der Waals surface area (Å²) in [7, 11) is 0. The van der Waals surface area contributed by atoms with Crippen LogP contribution in [0.25, 0.3) is 0 Å². The Balaban J connectivity index is 1.93. The van der Waals surface area contributed by atoms with Crippen LogP contribution in [0.3, 0.4) is 0 Å². The number of aliphatic hydroxyl groups excluding tert-OH is 4. The number of hydrogen-bond acceptors (Lipinski definition) is 6. The molecular formula is C12H22O6. The van der Waals surface area contributed by atoms with E-state index in [1.54, 1.807) is 0 Å². The van der Waals surface area contributed by atoms with E-state index in [0.717, 1.165) is 25.7 Å². The molecule has 2 aliphatic rings. The average Bonchev–Trinajstić information content (AvgIpc) is 2.40. The molecule has 106 valence electrons. The van der Waals surface area contributed by atoms with Crippen LogP contribution in [0.2, 0.25) is 0 Å². The molecule has 2 fully saturated rings. The zero-order valence-corrected chi connectivity index (χ0v) is 10.3. The summed E-state index contributed by atoms with van der Waals surface area (Å²) in [6.07, 6.45) is -0.644. The van der Waals surface area contributed by atoms with Crippen molar-refractivity contribution in [3.63, 3.8) is 0 Å². The van der Waals surface area contributed by atoms with Crippen LogP contribution in [-0.2, 0) is 9.47 Å². The number of aliphatic hydroxyl groups is 4. The van der Waals surface area contributed by atoms with Gasteiger partial charge in [-0.25, -0.2) is 0 Å². The van der Waals surface area contributed by atoms with Crippen LogP contribution in [0, 0.1) is 0 Å². The molecule has 18 heavy (non-hydrogen) atoms. The standard InChI is InChI=1S/C12H22O6/c13-6-8-9(14)10(15)11(16)12(18-8)17-7-4-2-1-3-5-7/h7-16H,1-6H2. The molecule has 0 spiro atoms. The van der Waals surface area contributed by atoms with Crippen molar-refractivity contribution in [2.45, 2.75) is 68.9 Å². The molecule has 0 aromatic rings. The first-order valence-corrected chi connectivity index (χ1v) is 6.59. The fourth-order valence-corrected chi connectivity index (χ4v) is 2.57. The van der Waals surface area contributed by atoms with Gasteiger partial charge in [0.2, 0.25) is 0 Å². The highest BCUT2D eigenvalue weighted by Crippen LogP contribution is 2.27. The Hall–Kier alpha value is -0.240. The van der Waals surface area contributed by atoms with E-state index in [1.807, 2.05) is 0 Å². The first-order chi connectivity index (χ1) is 8.63. The van der Waals surface area contributed by atoms with Gasteiger partial charge in [-0.15, -0.1) is 0 Å². The van der Waals surface area contributed by atoms with Crippen molar-refractivity contribution < 1.29 is 29.9 Å². The highest BCUT2D eigenvalue weighted by Gasteiger charge is 2.44. The molecule has 0 aromatic carbocycles. The zero-order valence-electron chi connectivity index (χ0n) is 10.3. The van der Waals surface area contributed by atoms with Crippen LogP contribution in [0.4, 0.5) is 0 Å². The second-order valence-electron chi connectivity index (χ2n) is 5.09. The van der Waals surface area contributed by atoms with E-state index >= 15 is 0 Å². The van der Waals surface area contributed by atoms with Crippen molar-refractivity contribution >= 4 is 0 Å². The summed E-state index contributed by atoms with van der Waals surface area (Å²) in [5, 5.41) is 38.1. The molecule has 0 amide bonds. The molecule has 0 bridgehead atoms. The molecule has 6 heteroatoms. The summed E-state index contributed by atoms with van der Waals surface area (Å²) < 4.78 is 10.9. The summed E-state index contributed by atoms with van der Waals surface area (Å²) in [6, 6.07) is 0. The van der Waals surface area contributed by atoms with Crippen LogP contribution in [-0.4, -0.2) is 63.8 Å². The second-order valence-corrected chi connectivity index (χ2v) is 5.09. The first kappa shape index (κ1) is 14.2. The van der Waals surface area contributed by atoms with Gasteiger partial charge in [0.15, 0.2) is 6.29 Å². The highest BCUT2D eigenvalue weighted by atomic mass is 16.7. The normalized spacial score (nSPS) is 43.0. The largest absolute Gasteiger partial charge is 0.394 e. The molecule has 0 aromatic heterocycles. The SMILES string of the molecule is OCC1OC(OC2CCCCC2)C(O)C(O)C1O. The van der Waals surface area contributed by atoms with Crippen molar-refractivity contribution in [1.29, 1.82) is 0 Å². The van der Waals surface area contributed by atoms with E-state index in [2.05, 4.69) is 0 Å². The number of rotatable bonds is 3. The molecule has 4 N–H and O–H groups in total. The third-order valence-corrected chi connectivity index (χ3v) is 3.73. The van der Waals surface area contributed by atoms with E-state index in [4.69, 9.17) is 14.6 Å². The summed E-state index contributed by atoms with van der Waals surface area (Å²) in [6.45, 7) is -0.421. The Kier molecular flexibility index (Phi) is 4.94. The molecule has 1 saturated carbocycles. The minimum absolute atomic E-state index is 0.0141. The number of hydrogen-bond donors (Lipinski definition) is 4. The van der Waals surface area contributed by atoms with Gasteiger partial charge in [0.25, 0.3) is 0 Å². The maximum atomic E-state index is 9.81. The lowest BCUT2D eigenvalue weighted by Gasteiger charge is -2.41. The van der Waals surface area contributed by atoms with E-state index < -0.39 is 37.3 Å². The predicted molar refractivity (Wildman–Crippen MR) is 61.7 cm³/mol. The Morgan fingerprint density at radius 2 is 1.61 bits per heavy atom. The summed E-state index contributed by atoms with van der Waals surface area (Å²) in [5.74, 6) is 0. The van der Waals surface area contributed by atoms with Crippen LogP contribution in [0.15, 0.2) is 0 Å². The maximum absolute atomic E-state index is 9.81. The quantitative estimate of drug-likeness (QED) is 0.528. The third-order valence-electron chi connectivity index (χ3n) is 3.73. The molecule has 1 saturated heterocycles. The van der Waals surface area contributed by atoms with Gasteiger partial charge in [0.1, 0.15) is 24.4 Å². The van der Waals surface area contributed by atoms with Crippen LogP contribution in [0.5, 0.6) is 0 Å². The zero-order chi connectivity index (χ0) is 13.1. The fourth-order valence-electron chi connectivity index (χ4n) is 2.57. The highest BCUT2D eigenvalue weighted by molar-refractivity contribution is 4.89. The topological polar surface area (TPSA) is 99.4 Å². The Morgan fingerprint density at radius 3 is 2.22 bits per heavy atom. The molecule has 1 aliphatic heterocycles. The molecule has 2 rings (SSSR count). The fraction of sp³-hybridized carbons (Fsp3) is 1.00. The minimum atomic E-state index is -1.36. The van der Waals surface area contributed by atoms with Gasteiger partial charge in [-0.3, -0.25) is 0 Å². The van der Waals surface area contributed by atoms with Gasteiger partial charge in [-0.1, -0.05) is 19.3 Å². The Labute approximate surface area is 106 Å². The monoisotopic (exact) mass is 262 g/mol. The Morgan fingerprint density at radius 1 is 0.944 bits per heavy atom. The first-order valence-electron chi connectivity index (χ1n) is 6.59. The molecule has 0 radical (unpaired) electrons. The summed E-state index contributed by atoms with van der Waals surface area (Å²) in [5.41, 5.74) is 0. The van der Waals surface area contributed by atoms with Gasteiger partial charge < -0.3 is 29.9 Å². The number of ether oxygens (including phenoxy) is 2. The third kappa shape index (κ3) is 3.01. The van der Waals surface area contributed by atoms with Gasteiger partial charge in [0, 0.05) is 0 Å². The lowest BCUT2D eigenvalue weighted by molar-refractivity contribution is -0.312. The predicted octanol–water partition coefficient (Wildman–Crippen LogP) is -0.864. The molecule has 1 heterocycles. The molecule has 5 atom stereocenters. The molecular weight excluding hydrogens is 240 g/mol. The van der Waals surface area contributed by atoms with Gasteiger partial charge in [-0.05, 0) is 12.8 Å². The van der Waals surface area contributed by atoms with Gasteiger partial charge in [-0.2, -0.15) is 0 Å². The van der Waals surface area contributed by atoms with Crippen molar-refractivity contribution in [1.82, 2.24) is 0 Å². The summed E-state index contributed by atoms with van der Waals surface area (Å²) >= 11 is 0. The molecule has 6 nitrogen and oxygen atoms in total.